The van der Waals surface area contributed by atoms with Crippen LogP contribution in [0, 0.1) is 0 Å². The van der Waals surface area contributed by atoms with E-state index in [-0.39, 0.29) is 5.97 Å². The molecule has 2 heterocycles. The zero-order chi connectivity index (χ0) is 25.5. The fourth-order valence-electron chi connectivity index (χ4n) is 3.94. The summed E-state index contributed by atoms with van der Waals surface area (Å²) in [5, 5.41) is 13.0. The molecule has 0 atom stereocenters. The van der Waals surface area contributed by atoms with Gasteiger partial charge < -0.3 is 9.57 Å². The van der Waals surface area contributed by atoms with Crippen molar-refractivity contribution in [3.63, 3.8) is 0 Å². The number of nitrogens with zero attached hydrogens (tertiary/aromatic N) is 5. The summed E-state index contributed by atoms with van der Waals surface area (Å²) in [6.45, 7) is 2.32. The number of ether oxygens (including phenoxy) is 1. The topological polar surface area (TPSA) is 92.0 Å². The number of fused-ring (bicyclic) bond motifs is 1. The molecule has 37 heavy (non-hydrogen) atoms. The molecule has 0 saturated carbocycles. The minimum atomic E-state index is -0.387. The highest BCUT2D eigenvalue weighted by molar-refractivity contribution is 5.78. The van der Waals surface area contributed by atoms with Gasteiger partial charge in [0.2, 0.25) is 5.82 Å². The summed E-state index contributed by atoms with van der Waals surface area (Å²) in [5.74, 6) is 0.847. The van der Waals surface area contributed by atoms with E-state index in [0.29, 0.717) is 25.3 Å². The molecule has 5 rings (SSSR count). The predicted octanol–water partition coefficient (Wildman–Crippen LogP) is 5.01. The van der Waals surface area contributed by atoms with Crippen molar-refractivity contribution in [3.05, 3.63) is 102 Å². The Balaban J connectivity index is 1.15. The van der Waals surface area contributed by atoms with E-state index in [1.165, 1.54) is 11.1 Å². The van der Waals surface area contributed by atoms with Gasteiger partial charge in [0.25, 0.3) is 0 Å². The molecule has 8 nitrogen and oxygen atoms in total. The first-order valence-electron chi connectivity index (χ1n) is 12.3. The van der Waals surface area contributed by atoms with Crippen LogP contribution in [-0.4, -0.2) is 31.3 Å². The fraction of sp³-hybridized carbons (Fsp3) is 0.207. The molecule has 0 fully saturated rings. The number of carbonyl (C=O) groups is 1. The van der Waals surface area contributed by atoms with E-state index in [1.54, 1.807) is 0 Å². The largest absolute Gasteiger partial charge is 0.487 e. The highest BCUT2D eigenvalue weighted by atomic mass is 16.7. The lowest BCUT2D eigenvalue weighted by molar-refractivity contribution is -0.148. The van der Waals surface area contributed by atoms with Crippen LogP contribution >= 0.6 is 0 Å². The van der Waals surface area contributed by atoms with Crippen molar-refractivity contribution in [2.45, 2.75) is 39.2 Å². The van der Waals surface area contributed by atoms with Crippen LogP contribution in [0.2, 0.25) is 0 Å². The summed E-state index contributed by atoms with van der Waals surface area (Å²) >= 11 is 0. The Hall–Kier alpha value is -4.59. The highest BCUT2D eigenvalue weighted by Gasteiger charge is 2.10. The van der Waals surface area contributed by atoms with Crippen molar-refractivity contribution >= 4 is 16.9 Å². The van der Waals surface area contributed by atoms with Crippen LogP contribution in [-0.2, 0) is 24.2 Å². The van der Waals surface area contributed by atoms with E-state index in [4.69, 9.17) is 9.57 Å². The van der Waals surface area contributed by atoms with Crippen LogP contribution in [0.4, 0.5) is 0 Å². The molecule has 186 valence electrons. The van der Waals surface area contributed by atoms with E-state index in [9.17, 15) is 4.79 Å². The maximum absolute atomic E-state index is 11.6. The first-order chi connectivity index (χ1) is 18.2. The molecule has 0 spiro atoms. The van der Waals surface area contributed by atoms with Crippen molar-refractivity contribution in [2.24, 2.45) is 0 Å². The Bertz CT molecular complexity index is 1500. The maximum atomic E-state index is 11.6. The van der Waals surface area contributed by atoms with Gasteiger partial charge in [0.1, 0.15) is 12.4 Å². The van der Waals surface area contributed by atoms with Gasteiger partial charge >= 0.3 is 5.97 Å². The summed E-state index contributed by atoms with van der Waals surface area (Å²) in [6, 6.07) is 28.3. The number of carbonyl (C=O) groups excluding carboxylic acids is 1. The SMILES string of the molecule is CCCC(=O)On1nnc(-c2ccc(CCc3cccc(OCc4ccc5ccccc5n4)c3)cc2)n1. The second kappa shape index (κ2) is 11.4. The lowest BCUT2D eigenvalue weighted by atomic mass is 10.0. The van der Waals surface area contributed by atoms with Gasteiger partial charge in [0, 0.05) is 22.3 Å². The zero-order valence-corrected chi connectivity index (χ0v) is 20.6. The average molecular weight is 494 g/mol. The summed E-state index contributed by atoms with van der Waals surface area (Å²) in [5.41, 5.74) is 5.07. The third-order valence-electron chi connectivity index (χ3n) is 5.89. The number of benzene rings is 3. The standard InChI is InChI=1S/C29H27N5O3/c1-2-6-28(35)37-34-32-29(31-33-34)24-15-13-21(14-16-24)11-12-22-7-5-9-26(19-22)36-20-25-18-17-23-8-3-4-10-27(23)30-25/h3-5,7-10,13-19H,2,6,11-12,20H2,1H3. The van der Waals surface area contributed by atoms with Crippen LogP contribution in [0.15, 0.2) is 84.9 Å². The van der Waals surface area contributed by atoms with Crippen LogP contribution < -0.4 is 9.57 Å². The van der Waals surface area contributed by atoms with Crippen LogP contribution in [0.1, 0.15) is 36.6 Å². The van der Waals surface area contributed by atoms with Gasteiger partial charge in [-0.1, -0.05) is 72.7 Å². The van der Waals surface area contributed by atoms with Gasteiger partial charge in [-0.3, -0.25) is 0 Å². The molecule has 0 aliphatic heterocycles. The van der Waals surface area contributed by atoms with Gasteiger partial charge in [0.15, 0.2) is 0 Å². The Morgan fingerprint density at radius 1 is 0.892 bits per heavy atom. The molecule has 0 saturated heterocycles. The van der Waals surface area contributed by atoms with E-state index in [2.05, 4.69) is 44.7 Å². The number of aromatic nitrogens is 5. The number of para-hydroxylation sites is 1. The summed E-state index contributed by atoms with van der Waals surface area (Å²) < 4.78 is 6.02. The molecule has 2 aromatic heterocycles. The smallest absolute Gasteiger partial charge is 0.336 e. The van der Waals surface area contributed by atoms with Gasteiger partial charge in [-0.05, 0) is 59.9 Å². The molecule has 0 N–H and O–H groups in total. The lowest BCUT2D eigenvalue weighted by Crippen LogP contribution is -2.21. The number of tetrazole rings is 1. The quantitative estimate of drug-likeness (QED) is 0.253. The molecule has 0 unspecified atom stereocenters. The number of rotatable bonds is 10. The maximum Gasteiger partial charge on any atom is 0.336 e. The normalized spacial score (nSPS) is 10.9. The minimum absolute atomic E-state index is 0.308. The summed E-state index contributed by atoms with van der Waals surface area (Å²) in [4.78, 5) is 22.2. The Labute approximate surface area is 214 Å². The van der Waals surface area contributed by atoms with Crippen LogP contribution in [0.3, 0.4) is 0 Å². The number of hydrogen-bond donors (Lipinski definition) is 0. The van der Waals surface area contributed by atoms with Gasteiger partial charge in [-0.25, -0.2) is 9.78 Å². The van der Waals surface area contributed by atoms with Crippen molar-refractivity contribution in [1.29, 1.82) is 0 Å². The Morgan fingerprint density at radius 2 is 1.73 bits per heavy atom. The molecule has 0 aliphatic rings. The molecule has 0 bridgehead atoms. The third kappa shape index (κ3) is 6.35. The zero-order valence-electron chi connectivity index (χ0n) is 20.6. The van der Waals surface area contributed by atoms with Crippen molar-refractivity contribution in [3.8, 4) is 17.1 Å². The van der Waals surface area contributed by atoms with Gasteiger partial charge in [-0.2, -0.15) is 0 Å². The van der Waals surface area contributed by atoms with E-state index >= 15 is 0 Å². The monoisotopic (exact) mass is 493 g/mol. The molecule has 5 aromatic rings. The first-order valence-corrected chi connectivity index (χ1v) is 12.3. The first kappa shape index (κ1) is 24.1. The molecule has 8 heteroatoms. The average Bonchev–Trinajstić information content (AvgIpc) is 3.39. The van der Waals surface area contributed by atoms with E-state index in [0.717, 1.165) is 45.7 Å². The van der Waals surface area contributed by atoms with E-state index in [1.807, 2.05) is 67.6 Å². The third-order valence-corrected chi connectivity index (χ3v) is 5.89. The molecular weight excluding hydrogens is 466 g/mol. The van der Waals surface area contributed by atoms with Crippen molar-refractivity contribution in [2.75, 3.05) is 0 Å². The molecule has 0 amide bonds. The van der Waals surface area contributed by atoms with E-state index < -0.39 is 0 Å². The highest BCUT2D eigenvalue weighted by Crippen LogP contribution is 2.19. The molecule has 3 aromatic carbocycles. The minimum Gasteiger partial charge on any atom is -0.487 e. The predicted molar refractivity (Wildman–Crippen MR) is 140 cm³/mol. The van der Waals surface area contributed by atoms with Gasteiger partial charge in [0.05, 0.1) is 11.2 Å². The van der Waals surface area contributed by atoms with Crippen LogP contribution in [0.5, 0.6) is 5.75 Å². The Morgan fingerprint density at radius 3 is 2.59 bits per heavy atom. The van der Waals surface area contributed by atoms with Crippen molar-refractivity contribution in [1.82, 2.24) is 25.4 Å². The summed E-state index contributed by atoms with van der Waals surface area (Å²) in [6.07, 6.45) is 2.77. The summed E-state index contributed by atoms with van der Waals surface area (Å²) in [7, 11) is 0. The lowest BCUT2D eigenvalue weighted by Gasteiger charge is -2.09. The second-order valence-electron chi connectivity index (χ2n) is 8.71. The Kier molecular flexibility index (Phi) is 7.45. The van der Waals surface area contributed by atoms with Crippen molar-refractivity contribution < 1.29 is 14.4 Å². The number of hydrogen-bond acceptors (Lipinski definition) is 7. The molecule has 0 radical (unpaired) electrons. The fourth-order valence-corrected chi connectivity index (χ4v) is 3.94. The molecule has 0 aliphatic carbocycles. The number of aryl methyl sites for hydroxylation is 2. The van der Waals surface area contributed by atoms with Crippen LogP contribution in [0.25, 0.3) is 22.3 Å². The second-order valence-corrected chi connectivity index (χ2v) is 8.71. The molecular formula is C29H27N5O3. The van der Waals surface area contributed by atoms with Gasteiger partial charge in [-0.15, -0.1) is 5.10 Å². The number of pyridine rings is 1.